The quantitative estimate of drug-likeness (QED) is 0.645. The molecule has 0 spiro atoms. The van der Waals surface area contributed by atoms with Crippen LogP contribution in [0.5, 0.6) is 5.75 Å². The first-order valence-electron chi connectivity index (χ1n) is 11.9. The number of benzene rings is 1. The molecule has 0 radical (unpaired) electrons. The Morgan fingerprint density at radius 2 is 2.00 bits per heavy atom. The maximum absolute atomic E-state index is 12.6. The van der Waals surface area contributed by atoms with Gasteiger partial charge in [0.1, 0.15) is 11.5 Å². The van der Waals surface area contributed by atoms with Gasteiger partial charge in [-0.25, -0.2) is 0 Å². The Labute approximate surface area is 181 Å². The van der Waals surface area contributed by atoms with Gasteiger partial charge < -0.3 is 10.1 Å². The maximum atomic E-state index is 12.6. The standard InChI is InChI=1S/C26H37NO3/c1-17(28)27-14-6-4-5-7-19-15-22-18(16-24(19)30-3)8-9-21-20(22)12-13-26(2)23(21)10-11-25(26)29/h15-16,20-21,23H,4-14H2,1-3H3,(H,27,28)/t20?,21?,23?,26-/m0/s1. The van der Waals surface area contributed by atoms with Crippen LogP contribution in [0.2, 0.25) is 0 Å². The van der Waals surface area contributed by atoms with Crippen molar-refractivity contribution in [3.63, 3.8) is 0 Å². The summed E-state index contributed by atoms with van der Waals surface area (Å²) in [6.07, 6.45) is 10.7. The highest BCUT2D eigenvalue weighted by Crippen LogP contribution is 2.59. The van der Waals surface area contributed by atoms with Gasteiger partial charge in [-0.3, -0.25) is 9.59 Å². The number of carbonyl (C=O) groups excluding carboxylic acids is 2. The van der Waals surface area contributed by atoms with Gasteiger partial charge in [-0.2, -0.15) is 0 Å². The third-order valence-corrected chi connectivity index (χ3v) is 8.33. The first kappa shape index (κ1) is 21.4. The van der Waals surface area contributed by atoms with Crippen LogP contribution >= 0.6 is 0 Å². The van der Waals surface area contributed by atoms with Gasteiger partial charge in [-0.15, -0.1) is 0 Å². The normalized spacial score (nSPS) is 29.7. The van der Waals surface area contributed by atoms with Crippen LogP contribution in [-0.4, -0.2) is 25.3 Å². The van der Waals surface area contributed by atoms with E-state index in [-0.39, 0.29) is 11.3 Å². The molecule has 2 fully saturated rings. The van der Waals surface area contributed by atoms with Crippen LogP contribution in [0.15, 0.2) is 12.1 Å². The molecule has 4 atom stereocenters. The minimum absolute atomic E-state index is 0.0495. The molecule has 30 heavy (non-hydrogen) atoms. The molecule has 3 aliphatic carbocycles. The third-order valence-electron chi connectivity index (χ3n) is 8.33. The molecule has 3 unspecified atom stereocenters. The summed E-state index contributed by atoms with van der Waals surface area (Å²) >= 11 is 0. The lowest BCUT2D eigenvalue weighted by atomic mass is 9.55. The van der Waals surface area contributed by atoms with E-state index in [0.29, 0.717) is 23.5 Å². The van der Waals surface area contributed by atoms with E-state index in [0.717, 1.165) is 70.1 Å². The molecule has 0 aliphatic heterocycles. The average Bonchev–Trinajstić information content (AvgIpc) is 3.04. The van der Waals surface area contributed by atoms with Crippen molar-refractivity contribution in [2.24, 2.45) is 17.3 Å². The Bertz CT molecular complexity index is 817. The molecule has 1 amide bonds. The van der Waals surface area contributed by atoms with E-state index >= 15 is 0 Å². The van der Waals surface area contributed by atoms with Crippen molar-refractivity contribution in [3.05, 3.63) is 28.8 Å². The van der Waals surface area contributed by atoms with Crippen molar-refractivity contribution in [3.8, 4) is 5.75 Å². The summed E-state index contributed by atoms with van der Waals surface area (Å²) < 4.78 is 5.75. The van der Waals surface area contributed by atoms with E-state index in [1.165, 1.54) is 17.5 Å². The van der Waals surface area contributed by atoms with Crippen molar-refractivity contribution >= 4 is 11.7 Å². The molecule has 0 saturated heterocycles. The number of hydrogen-bond acceptors (Lipinski definition) is 3. The van der Waals surface area contributed by atoms with Gasteiger partial charge in [0.15, 0.2) is 0 Å². The molecule has 1 N–H and O–H groups in total. The minimum atomic E-state index is -0.0537. The van der Waals surface area contributed by atoms with Gasteiger partial charge in [0.25, 0.3) is 0 Å². The lowest BCUT2D eigenvalue weighted by molar-refractivity contribution is -0.129. The number of fused-ring (bicyclic) bond motifs is 5. The first-order valence-corrected chi connectivity index (χ1v) is 11.9. The highest BCUT2D eigenvalue weighted by atomic mass is 16.5. The summed E-state index contributed by atoms with van der Waals surface area (Å²) in [5.74, 6) is 3.46. The predicted octanol–water partition coefficient (Wildman–Crippen LogP) is 4.97. The highest BCUT2D eigenvalue weighted by molar-refractivity contribution is 5.87. The maximum Gasteiger partial charge on any atom is 0.216 e. The molecule has 0 aromatic heterocycles. The van der Waals surface area contributed by atoms with E-state index in [1.54, 1.807) is 19.6 Å². The van der Waals surface area contributed by atoms with Crippen LogP contribution in [0.1, 0.15) is 87.8 Å². The summed E-state index contributed by atoms with van der Waals surface area (Å²) in [4.78, 5) is 23.6. The first-order chi connectivity index (χ1) is 14.4. The Balaban J connectivity index is 1.48. The molecule has 0 heterocycles. The monoisotopic (exact) mass is 411 g/mol. The Morgan fingerprint density at radius 3 is 2.77 bits per heavy atom. The number of nitrogens with one attached hydrogen (secondary N) is 1. The molecular weight excluding hydrogens is 374 g/mol. The Hall–Kier alpha value is -1.84. The number of Topliss-reactive ketones (excluding diaryl/α,β-unsaturated/α-hetero) is 1. The number of ketones is 1. The Kier molecular flexibility index (Phi) is 6.22. The van der Waals surface area contributed by atoms with Crippen LogP contribution in [0, 0.1) is 17.3 Å². The lowest BCUT2D eigenvalue weighted by Crippen LogP contribution is -2.42. The minimum Gasteiger partial charge on any atom is -0.496 e. The predicted molar refractivity (Wildman–Crippen MR) is 119 cm³/mol. The fraction of sp³-hybridized carbons (Fsp3) is 0.692. The number of aryl methyl sites for hydroxylation is 2. The van der Waals surface area contributed by atoms with Crippen LogP contribution in [0.4, 0.5) is 0 Å². The fourth-order valence-corrected chi connectivity index (χ4v) is 6.68. The summed E-state index contributed by atoms with van der Waals surface area (Å²) in [6.45, 7) is 4.58. The molecule has 2 saturated carbocycles. The van der Waals surface area contributed by atoms with E-state index in [2.05, 4.69) is 24.4 Å². The summed E-state index contributed by atoms with van der Waals surface area (Å²) in [5, 5.41) is 2.88. The van der Waals surface area contributed by atoms with Crippen LogP contribution in [0.25, 0.3) is 0 Å². The van der Waals surface area contributed by atoms with E-state index in [4.69, 9.17) is 4.74 Å². The van der Waals surface area contributed by atoms with Gasteiger partial charge in [0, 0.05) is 25.3 Å². The lowest BCUT2D eigenvalue weighted by Gasteiger charge is -2.48. The molecule has 1 aromatic carbocycles. The number of hydrogen-bond donors (Lipinski definition) is 1. The number of methoxy groups -OCH3 is 1. The number of carbonyl (C=O) groups is 2. The summed E-state index contributed by atoms with van der Waals surface area (Å²) in [7, 11) is 1.78. The summed E-state index contributed by atoms with van der Waals surface area (Å²) in [5.41, 5.74) is 4.28. The molecule has 4 rings (SSSR count). The number of unbranched alkanes of at least 4 members (excludes halogenated alkanes) is 2. The van der Waals surface area contributed by atoms with Gasteiger partial charge >= 0.3 is 0 Å². The van der Waals surface area contributed by atoms with Gasteiger partial charge in [0.2, 0.25) is 5.91 Å². The van der Waals surface area contributed by atoms with Crippen molar-refractivity contribution in [2.45, 2.75) is 84.0 Å². The molecule has 4 heteroatoms. The molecule has 164 valence electrons. The van der Waals surface area contributed by atoms with Gasteiger partial charge in [-0.1, -0.05) is 19.4 Å². The molecule has 0 bridgehead atoms. The number of ether oxygens (including phenoxy) is 1. The van der Waals surface area contributed by atoms with E-state index in [9.17, 15) is 9.59 Å². The molecular formula is C26H37NO3. The van der Waals surface area contributed by atoms with Gasteiger partial charge in [0.05, 0.1) is 7.11 Å². The molecule has 3 aliphatic rings. The third kappa shape index (κ3) is 3.90. The SMILES string of the molecule is COc1cc2c(cc1CCCCCNC(C)=O)C1CC[C@]3(C)C(=O)CCC3C1CC2. The largest absolute Gasteiger partial charge is 0.496 e. The topological polar surface area (TPSA) is 55.4 Å². The second kappa shape index (κ2) is 8.72. The Morgan fingerprint density at radius 1 is 1.17 bits per heavy atom. The number of rotatable bonds is 7. The second-order valence-electron chi connectivity index (χ2n) is 9.99. The van der Waals surface area contributed by atoms with Crippen LogP contribution in [-0.2, 0) is 22.4 Å². The smallest absolute Gasteiger partial charge is 0.216 e. The van der Waals surface area contributed by atoms with Gasteiger partial charge in [-0.05, 0) is 91.9 Å². The van der Waals surface area contributed by atoms with Crippen molar-refractivity contribution in [2.75, 3.05) is 13.7 Å². The zero-order valence-corrected chi connectivity index (χ0v) is 18.9. The molecule has 4 nitrogen and oxygen atoms in total. The van der Waals surface area contributed by atoms with E-state index < -0.39 is 0 Å². The van der Waals surface area contributed by atoms with Crippen LogP contribution in [0.3, 0.4) is 0 Å². The van der Waals surface area contributed by atoms with Crippen molar-refractivity contribution in [1.29, 1.82) is 0 Å². The fourth-order valence-electron chi connectivity index (χ4n) is 6.68. The second-order valence-corrected chi connectivity index (χ2v) is 9.99. The zero-order chi connectivity index (χ0) is 21.3. The molecule has 1 aromatic rings. The number of amides is 1. The zero-order valence-electron chi connectivity index (χ0n) is 18.9. The van der Waals surface area contributed by atoms with Crippen molar-refractivity contribution < 1.29 is 14.3 Å². The van der Waals surface area contributed by atoms with E-state index in [1.807, 2.05) is 0 Å². The highest BCUT2D eigenvalue weighted by Gasteiger charge is 2.54. The average molecular weight is 412 g/mol. The summed E-state index contributed by atoms with van der Waals surface area (Å²) in [6, 6.07) is 4.74. The van der Waals surface area contributed by atoms with Crippen LogP contribution < -0.4 is 10.1 Å². The van der Waals surface area contributed by atoms with Crippen molar-refractivity contribution in [1.82, 2.24) is 5.32 Å².